The number of thiophene rings is 1. The number of anilines is 2. The number of aliphatic carboxylic acids is 1. The standard InChI is InChI=1S/C24H22N6O8S3/c1-2-38-23(36)12-4-6-39-20(12)29-5-3-10(18(29)32)7-11-8-40-21-15(19(33)30(21)16(11)22(34)35)27-17(31)14(28-37)13-9-41-24(25)26-13/h4,6-7,9,15,21,37H,2-3,5,8H2,1H3,(H2,25,26)(H,27,31)(H,34,35)/t15-,21-/m1/s1. The van der Waals surface area contributed by atoms with Crippen molar-refractivity contribution in [2.45, 2.75) is 24.8 Å². The van der Waals surface area contributed by atoms with Gasteiger partial charge in [0.2, 0.25) is 0 Å². The average Bonchev–Trinajstić information content (AvgIpc) is 3.68. The largest absolute Gasteiger partial charge is 0.477 e. The molecule has 2 saturated heterocycles. The second-order valence-electron chi connectivity index (χ2n) is 8.80. The molecule has 5 heterocycles. The van der Waals surface area contributed by atoms with Crippen LogP contribution in [0.4, 0.5) is 10.1 Å². The predicted octanol–water partition coefficient (Wildman–Crippen LogP) is 1.24. The lowest BCUT2D eigenvalue weighted by Gasteiger charge is -2.49. The third-order valence-corrected chi connectivity index (χ3v) is 9.34. The molecule has 2 aromatic rings. The SMILES string of the molecule is CCOC(=O)c1ccsc1N1CCC(=CC2=C(C(=O)O)N3C(=O)[C@@H](NC(=O)C(=NO)c4csc(N)n4)[C@H]3SC2)C1=O. The second kappa shape index (κ2) is 11.3. The number of allylic oxidation sites excluding steroid dienone is 1. The first-order valence-electron chi connectivity index (χ1n) is 12.1. The number of oxime groups is 1. The fraction of sp³-hybridized carbons (Fsp3) is 0.292. The Balaban J connectivity index is 1.34. The average molecular weight is 619 g/mol. The number of nitrogens with zero attached hydrogens (tertiary/aromatic N) is 4. The van der Waals surface area contributed by atoms with Gasteiger partial charge in [0.1, 0.15) is 27.8 Å². The molecule has 0 saturated carbocycles. The van der Waals surface area contributed by atoms with Crippen LogP contribution in [0.5, 0.6) is 0 Å². The lowest BCUT2D eigenvalue weighted by molar-refractivity contribution is -0.150. The highest BCUT2D eigenvalue weighted by Crippen LogP contribution is 2.42. The molecule has 2 atom stereocenters. The molecule has 214 valence electrons. The van der Waals surface area contributed by atoms with Crippen LogP contribution in [0.25, 0.3) is 0 Å². The Morgan fingerprint density at radius 2 is 2.10 bits per heavy atom. The lowest BCUT2D eigenvalue weighted by Crippen LogP contribution is -2.71. The van der Waals surface area contributed by atoms with E-state index in [4.69, 9.17) is 10.5 Å². The van der Waals surface area contributed by atoms with Crippen molar-refractivity contribution >= 4 is 79.9 Å². The van der Waals surface area contributed by atoms with E-state index < -0.39 is 40.9 Å². The number of nitrogens with two attached hydrogens (primary N) is 1. The highest BCUT2D eigenvalue weighted by molar-refractivity contribution is 8.00. The Morgan fingerprint density at radius 3 is 2.76 bits per heavy atom. The van der Waals surface area contributed by atoms with Crippen LogP contribution in [-0.4, -0.2) is 85.9 Å². The summed E-state index contributed by atoms with van der Waals surface area (Å²) in [5.41, 5.74) is 5.77. The molecule has 3 amide bonds. The van der Waals surface area contributed by atoms with Gasteiger partial charge in [-0.3, -0.25) is 24.2 Å². The van der Waals surface area contributed by atoms with Crippen LogP contribution < -0.4 is 16.0 Å². The van der Waals surface area contributed by atoms with Gasteiger partial charge in [-0.2, -0.15) is 0 Å². The number of hydrogen-bond acceptors (Lipinski definition) is 13. The quantitative estimate of drug-likeness (QED) is 0.0827. The van der Waals surface area contributed by atoms with E-state index in [-0.39, 0.29) is 45.9 Å². The van der Waals surface area contributed by atoms with Gasteiger partial charge in [0.05, 0.1) is 12.2 Å². The smallest absolute Gasteiger partial charge is 0.352 e. The van der Waals surface area contributed by atoms with E-state index in [1.165, 1.54) is 39.5 Å². The number of nitrogens with one attached hydrogen (secondary N) is 1. The Morgan fingerprint density at radius 1 is 1.32 bits per heavy atom. The monoisotopic (exact) mass is 618 g/mol. The Kier molecular flexibility index (Phi) is 7.83. The van der Waals surface area contributed by atoms with E-state index in [0.29, 0.717) is 23.5 Å². The van der Waals surface area contributed by atoms with Crippen LogP contribution in [0.2, 0.25) is 0 Å². The number of β-lactam (4-membered cyclic amide) rings is 1. The zero-order valence-corrected chi connectivity index (χ0v) is 23.7. The highest BCUT2D eigenvalue weighted by Gasteiger charge is 2.54. The molecule has 0 spiro atoms. The molecule has 5 rings (SSSR count). The number of fused-ring (bicyclic) bond motifs is 1. The molecule has 0 bridgehead atoms. The van der Waals surface area contributed by atoms with E-state index in [1.54, 1.807) is 18.4 Å². The topological polar surface area (TPSA) is 205 Å². The molecule has 0 unspecified atom stereocenters. The number of ether oxygens (including phenoxy) is 1. The number of aromatic nitrogens is 1. The first-order valence-corrected chi connectivity index (χ1v) is 14.9. The minimum atomic E-state index is -1.36. The summed E-state index contributed by atoms with van der Waals surface area (Å²) in [5.74, 6) is -3.67. The number of thioether (sulfide) groups is 1. The van der Waals surface area contributed by atoms with Gasteiger partial charge < -0.3 is 26.1 Å². The molecule has 0 radical (unpaired) electrons. The Labute approximate surface area is 244 Å². The van der Waals surface area contributed by atoms with Gasteiger partial charge in [0.25, 0.3) is 17.7 Å². The molecule has 0 aliphatic carbocycles. The molecular formula is C24H22N6O8S3. The molecule has 17 heteroatoms. The van der Waals surface area contributed by atoms with Crippen LogP contribution in [-0.2, 0) is 23.9 Å². The highest BCUT2D eigenvalue weighted by atomic mass is 32.2. The number of esters is 1. The Bertz CT molecular complexity index is 1560. The van der Waals surface area contributed by atoms with Crippen molar-refractivity contribution in [1.29, 1.82) is 0 Å². The summed E-state index contributed by atoms with van der Waals surface area (Å²) in [6.07, 6.45) is 1.79. The minimum Gasteiger partial charge on any atom is -0.477 e. The number of rotatable bonds is 8. The summed E-state index contributed by atoms with van der Waals surface area (Å²) in [6, 6.07) is 0.509. The number of carbonyl (C=O) groups excluding carboxylic acids is 4. The number of carbonyl (C=O) groups is 5. The van der Waals surface area contributed by atoms with E-state index in [2.05, 4.69) is 15.5 Å². The van der Waals surface area contributed by atoms with Crippen LogP contribution in [0.3, 0.4) is 0 Å². The fourth-order valence-corrected chi connectivity index (χ4v) is 7.37. The molecule has 41 heavy (non-hydrogen) atoms. The number of thiazole rings is 1. The molecule has 3 aliphatic rings. The zero-order valence-electron chi connectivity index (χ0n) is 21.2. The molecule has 2 fully saturated rings. The summed E-state index contributed by atoms with van der Waals surface area (Å²) >= 11 is 3.47. The van der Waals surface area contributed by atoms with Crippen LogP contribution >= 0.6 is 34.4 Å². The lowest BCUT2D eigenvalue weighted by atomic mass is 10.0. The van der Waals surface area contributed by atoms with Crippen molar-refractivity contribution in [2.75, 3.05) is 29.5 Å². The van der Waals surface area contributed by atoms with Gasteiger partial charge in [-0.1, -0.05) is 5.16 Å². The molecule has 3 aliphatic heterocycles. The van der Waals surface area contributed by atoms with E-state index in [1.807, 2.05) is 0 Å². The minimum absolute atomic E-state index is 0.0275. The van der Waals surface area contributed by atoms with Crippen molar-refractivity contribution in [1.82, 2.24) is 15.2 Å². The first kappa shape index (κ1) is 28.3. The van der Waals surface area contributed by atoms with Crippen molar-refractivity contribution in [2.24, 2.45) is 5.16 Å². The van der Waals surface area contributed by atoms with E-state index >= 15 is 0 Å². The number of hydrogen-bond donors (Lipinski definition) is 4. The number of amides is 3. The van der Waals surface area contributed by atoms with Crippen molar-refractivity contribution in [3.05, 3.63) is 51.0 Å². The normalized spacial score (nSPS) is 21.7. The number of carboxylic acid groups (broad SMARTS) is 1. The molecule has 5 N–H and O–H groups in total. The maximum Gasteiger partial charge on any atom is 0.352 e. The van der Waals surface area contributed by atoms with Gasteiger partial charge in [-0.05, 0) is 36.4 Å². The molecule has 14 nitrogen and oxygen atoms in total. The van der Waals surface area contributed by atoms with Gasteiger partial charge >= 0.3 is 11.9 Å². The van der Waals surface area contributed by atoms with Crippen LogP contribution in [0.1, 0.15) is 29.4 Å². The summed E-state index contributed by atoms with van der Waals surface area (Å²) < 4.78 is 5.07. The fourth-order valence-electron chi connectivity index (χ4n) is 4.60. The van der Waals surface area contributed by atoms with Gasteiger partial charge in [-0.15, -0.1) is 34.4 Å². The number of nitrogen functional groups attached to an aromatic ring is 1. The summed E-state index contributed by atoms with van der Waals surface area (Å²) in [6.45, 7) is 2.17. The van der Waals surface area contributed by atoms with Gasteiger partial charge in [0, 0.05) is 23.3 Å². The van der Waals surface area contributed by atoms with Crippen LogP contribution in [0.15, 0.2) is 44.9 Å². The summed E-state index contributed by atoms with van der Waals surface area (Å²) in [5, 5.41) is 27.7. The van der Waals surface area contributed by atoms with Crippen molar-refractivity contribution in [3.63, 3.8) is 0 Å². The number of carboxylic acids is 1. The third kappa shape index (κ3) is 5.07. The molecule has 0 aromatic carbocycles. The maximum absolute atomic E-state index is 13.3. The molecule has 2 aromatic heterocycles. The first-order chi connectivity index (χ1) is 19.7. The third-order valence-electron chi connectivity index (χ3n) is 6.42. The zero-order chi connectivity index (χ0) is 29.4. The van der Waals surface area contributed by atoms with Crippen molar-refractivity contribution in [3.8, 4) is 0 Å². The Hall–Kier alpha value is -4.22. The second-order valence-corrected chi connectivity index (χ2v) is 11.7. The summed E-state index contributed by atoms with van der Waals surface area (Å²) in [7, 11) is 0. The summed E-state index contributed by atoms with van der Waals surface area (Å²) in [4.78, 5) is 70.0. The van der Waals surface area contributed by atoms with E-state index in [0.717, 1.165) is 16.2 Å². The predicted molar refractivity (Wildman–Crippen MR) is 150 cm³/mol. The maximum atomic E-state index is 13.3. The molecular weight excluding hydrogens is 596 g/mol. The van der Waals surface area contributed by atoms with Crippen molar-refractivity contribution < 1.29 is 39.0 Å². The van der Waals surface area contributed by atoms with Crippen LogP contribution in [0, 0.1) is 0 Å². The van der Waals surface area contributed by atoms with E-state index in [9.17, 15) is 34.3 Å². The van der Waals surface area contributed by atoms with Gasteiger partial charge in [-0.25, -0.2) is 14.6 Å². The van der Waals surface area contributed by atoms with Gasteiger partial charge in [0.15, 0.2) is 10.8 Å².